The number of hydrogen-bond acceptors (Lipinski definition) is 7. The molecule has 2 fully saturated rings. The van der Waals surface area contributed by atoms with E-state index in [1.54, 1.807) is 38.1 Å². The lowest BCUT2D eigenvalue weighted by molar-refractivity contribution is -0.139. The summed E-state index contributed by atoms with van der Waals surface area (Å²) in [5.74, 6) is -0.625. The largest absolute Gasteiger partial charge is 0.378 e. The molecule has 0 spiro atoms. The summed E-state index contributed by atoms with van der Waals surface area (Å²) in [7, 11) is 0. The molecule has 0 saturated carbocycles. The lowest BCUT2D eigenvalue weighted by Gasteiger charge is -2.27. The number of carbonyl (C=O) groups excluding carboxylic acids is 3. The Bertz CT molecular complexity index is 1140. The van der Waals surface area contributed by atoms with E-state index in [9.17, 15) is 19.2 Å². The van der Waals surface area contributed by atoms with Gasteiger partial charge in [0.2, 0.25) is 11.9 Å². The van der Waals surface area contributed by atoms with Crippen LogP contribution in [0.5, 0.6) is 0 Å². The first-order valence-corrected chi connectivity index (χ1v) is 11.3. The number of H-pyrrole nitrogens is 1. The number of hydrazine groups is 1. The van der Waals surface area contributed by atoms with Crippen molar-refractivity contribution in [2.24, 2.45) is 0 Å². The van der Waals surface area contributed by atoms with Crippen molar-refractivity contribution < 1.29 is 19.1 Å². The smallest absolute Gasteiger partial charge is 0.344 e. The Kier molecular flexibility index (Phi) is 6.64. The van der Waals surface area contributed by atoms with Crippen LogP contribution in [0.1, 0.15) is 36.6 Å². The third kappa shape index (κ3) is 4.38. The number of hydrogen-bond donors (Lipinski definition) is 3. The first kappa shape index (κ1) is 23.4. The van der Waals surface area contributed by atoms with E-state index in [1.165, 1.54) is 0 Å². The normalized spacial score (nSPS) is 20.4. The molecule has 34 heavy (non-hydrogen) atoms. The highest BCUT2D eigenvalue weighted by molar-refractivity contribution is 6.08. The molecule has 0 radical (unpaired) electrons. The van der Waals surface area contributed by atoms with Crippen LogP contribution in [0.3, 0.4) is 0 Å². The SMILES string of the molecule is CCC1(c2ccccc2)NC(=O)N(NC(=O)CCc2c(C)nc(N3CCOCC3)[nH]c2=O)C1=O. The van der Waals surface area contributed by atoms with Gasteiger partial charge in [-0.2, -0.15) is 5.01 Å². The highest BCUT2D eigenvalue weighted by atomic mass is 16.5. The van der Waals surface area contributed by atoms with Gasteiger partial charge in [-0.05, 0) is 25.3 Å². The highest BCUT2D eigenvalue weighted by Gasteiger charge is 2.52. The summed E-state index contributed by atoms with van der Waals surface area (Å²) < 4.78 is 5.32. The van der Waals surface area contributed by atoms with E-state index in [2.05, 4.69) is 20.7 Å². The molecular formula is C23H28N6O5. The molecule has 4 amide bonds. The molecule has 2 saturated heterocycles. The van der Waals surface area contributed by atoms with Crippen LogP contribution < -0.4 is 21.2 Å². The number of benzene rings is 1. The molecule has 0 bridgehead atoms. The van der Waals surface area contributed by atoms with Gasteiger partial charge in [-0.15, -0.1) is 0 Å². The number of nitrogens with zero attached hydrogens (tertiary/aromatic N) is 3. The van der Waals surface area contributed by atoms with Gasteiger partial charge >= 0.3 is 6.03 Å². The molecular weight excluding hydrogens is 440 g/mol. The third-order valence-electron chi connectivity index (χ3n) is 6.25. The molecule has 2 aromatic rings. The number of aryl methyl sites for hydroxylation is 1. The monoisotopic (exact) mass is 468 g/mol. The number of rotatable bonds is 7. The molecule has 1 unspecified atom stereocenters. The van der Waals surface area contributed by atoms with E-state index in [-0.39, 0.29) is 18.4 Å². The second-order valence-electron chi connectivity index (χ2n) is 8.28. The summed E-state index contributed by atoms with van der Waals surface area (Å²) in [4.78, 5) is 60.1. The predicted molar refractivity (Wildman–Crippen MR) is 123 cm³/mol. The minimum Gasteiger partial charge on any atom is -0.378 e. The Labute approximate surface area is 196 Å². The van der Waals surface area contributed by atoms with Crippen LogP contribution in [0.15, 0.2) is 35.1 Å². The standard InChI is InChI=1S/C23H28N6O5/c1-3-23(16-7-5-4-6-8-16)20(32)29(22(33)26-23)27-18(30)10-9-17-15(2)24-21(25-19(17)31)28-11-13-34-14-12-28/h4-8H,3,9-14H2,1-2H3,(H,26,33)(H,27,30)(H,24,25,31). The Morgan fingerprint density at radius 3 is 2.53 bits per heavy atom. The van der Waals surface area contributed by atoms with Crippen LogP contribution in [0, 0.1) is 6.92 Å². The quantitative estimate of drug-likeness (QED) is 0.510. The molecule has 180 valence electrons. The molecule has 0 aliphatic carbocycles. The van der Waals surface area contributed by atoms with Crippen LogP contribution in [-0.4, -0.2) is 59.1 Å². The number of imide groups is 1. The minimum absolute atomic E-state index is 0.0932. The van der Waals surface area contributed by atoms with Gasteiger partial charge in [-0.1, -0.05) is 37.3 Å². The topological polar surface area (TPSA) is 137 Å². The number of carbonyl (C=O) groups is 3. The van der Waals surface area contributed by atoms with Crippen LogP contribution >= 0.6 is 0 Å². The zero-order valence-corrected chi connectivity index (χ0v) is 19.2. The van der Waals surface area contributed by atoms with Gasteiger partial charge in [0.15, 0.2) is 0 Å². The Balaban J connectivity index is 1.42. The van der Waals surface area contributed by atoms with E-state index >= 15 is 0 Å². The van der Waals surface area contributed by atoms with Gasteiger partial charge in [-0.3, -0.25) is 24.8 Å². The molecule has 11 heteroatoms. The number of aromatic amines is 1. The van der Waals surface area contributed by atoms with Crippen molar-refractivity contribution in [1.29, 1.82) is 0 Å². The minimum atomic E-state index is -1.24. The van der Waals surface area contributed by atoms with Crippen molar-refractivity contribution >= 4 is 23.8 Å². The van der Waals surface area contributed by atoms with Crippen LogP contribution in [-0.2, 0) is 26.3 Å². The molecule has 2 aliphatic rings. The fourth-order valence-electron chi connectivity index (χ4n) is 4.27. The molecule has 2 aliphatic heterocycles. The van der Waals surface area contributed by atoms with Crippen LogP contribution in [0.2, 0.25) is 0 Å². The molecule has 3 heterocycles. The van der Waals surface area contributed by atoms with Gasteiger partial charge in [0, 0.05) is 30.8 Å². The maximum absolute atomic E-state index is 13.1. The molecule has 1 atom stereocenters. The van der Waals surface area contributed by atoms with Crippen molar-refractivity contribution in [1.82, 2.24) is 25.7 Å². The number of urea groups is 1. The van der Waals surface area contributed by atoms with E-state index in [0.29, 0.717) is 55.5 Å². The number of anilines is 1. The second kappa shape index (κ2) is 9.64. The van der Waals surface area contributed by atoms with E-state index in [1.807, 2.05) is 11.0 Å². The predicted octanol–water partition coefficient (Wildman–Crippen LogP) is 0.736. The third-order valence-corrected chi connectivity index (χ3v) is 6.25. The van der Waals surface area contributed by atoms with E-state index < -0.39 is 23.4 Å². The maximum atomic E-state index is 13.1. The number of nitrogens with one attached hydrogen (secondary N) is 3. The Hall–Kier alpha value is -3.73. The van der Waals surface area contributed by atoms with Gasteiger partial charge in [0.1, 0.15) is 5.54 Å². The van der Waals surface area contributed by atoms with E-state index in [0.717, 1.165) is 5.01 Å². The number of amides is 4. The summed E-state index contributed by atoms with van der Waals surface area (Å²) in [6.07, 6.45) is 0.346. The molecule has 1 aromatic carbocycles. The summed E-state index contributed by atoms with van der Waals surface area (Å²) >= 11 is 0. The maximum Gasteiger partial charge on any atom is 0.344 e. The number of morpholine rings is 1. The fourth-order valence-corrected chi connectivity index (χ4v) is 4.27. The lowest BCUT2D eigenvalue weighted by Crippen LogP contribution is -2.48. The van der Waals surface area contributed by atoms with Crippen molar-refractivity contribution in [3.63, 3.8) is 0 Å². The summed E-state index contributed by atoms with van der Waals surface area (Å²) in [5, 5.41) is 3.43. The van der Waals surface area contributed by atoms with Gasteiger partial charge in [0.05, 0.1) is 13.2 Å². The fraction of sp³-hybridized carbons (Fsp3) is 0.435. The van der Waals surface area contributed by atoms with Gasteiger partial charge < -0.3 is 15.0 Å². The average Bonchev–Trinajstić information content (AvgIpc) is 3.09. The number of ether oxygens (including phenoxy) is 1. The van der Waals surface area contributed by atoms with Gasteiger partial charge in [0.25, 0.3) is 11.5 Å². The van der Waals surface area contributed by atoms with Crippen molar-refractivity contribution in [3.8, 4) is 0 Å². The molecule has 4 rings (SSSR count). The number of aromatic nitrogens is 2. The van der Waals surface area contributed by atoms with Crippen LogP contribution in [0.4, 0.5) is 10.7 Å². The van der Waals surface area contributed by atoms with Crippen molar-refractivity contribution in [3.05, 3.63) is 57.5 Å². The summed E-state index contributed by atoms with van der Waals surface area (Å²) in [6, 6.07) is 8.21. The Morgan fingerprint density at radius 2 is 1.88 bits per heavy atom. The van der Waals surface area contributed by atoms with Crippen molar-refractivity contribution in [2.75, 3.05) is 31.2 Å². The van der Waals surface area contributed by atoms with Crippen molar-refractivity contribution in [2.45, 2.75) is 38.6 Å². The Morgan fingerprint density at radius 1 is 1.18 bits per heavy atom. The molecule has 1 aromatic heterocycles. The first-order valence-electron chi connectivity index (χ1n) is 11.3. The van der Waals surface area contributed by atoms with Crippen LogP contribution in [0.25, 0.3) is 0 Å². The molecule has 11 nitrogen and oxygen atoms in total. The van der Waals surface area contributed by atoms with E-state index in [4.69, 9.17) is 4.74 Å². The zero-order valence-electron chi connectivity index (χ0n) is 19.2. The second-order valence-corrected chi connectivity index (χ2v) is 8.28. The van der Waals surface area contributed by atoms with Gasteiger partial charge in [-0.25, -0.2) is 9.78 Å². The summed E-state index contributed by atoms with van der Waals surface area (Å²) in [6.45, 7) is 5.92. The zero-order chi connectivity index (χ0) is 24.3. The average molecular weight is 469 g/mol. The lowest BCUT2D eigenvalue weighted by atomic mass is 9.87. The first-order chi connectivity index (χ1) is 16.4. The summed E-state index contributed by atoms with van der Waals surface area (Å²) in [5.41, 5.74) is 2.39. The highest BCUT2D eigenvalue weighted by Crippen LogP contribution is 2.31. The molecule has 3 N–H and O–H groups in total.